The van der Waals surface area contributed by atoms with E-state index in [-0.39, 0.29) is 22.4 Å². The molecule has 7 nitrogen and oxygen atoms in total. The average Bonchev–Trinajstić information content (AvgIpc) is 3.18. The molecule has 8 heteroatoms. The summed E-state index contributed by atoms with van der Waals surface area (Å²) in [6, 6.07) is 18.5. The minimum absolute atomic E-state index is 0.0133. The maximum Gasteiger partial charge on any atom is 0.407 e. The normalized spacial score (nSPS) is 11.7. The van der Waals surface area contributed by atoms with Gasteiger partial charge in [0.2, 0.25) is 0 Å². The van der Waals surface area contributed by atoms with Crippen molar-refractivity contribution in [3.8, 4) is 17.3 Å². The summed E-state index contributed by atoms with van der Waals surface area (Å²) in [6.45, 7) is 6.17. The highest BCUT2D eigenvalue weighted by Gasteiger charge is 2.25. The number of amides is 1. The summed E-state index contributed by atoms with van der Waals surface area (Å²) in [5.41, 5.74) is 1.63. The quantitative estimate of drug-likeness (QED) is 0.580. The molecular weight excluding hydrogens is 426 g/mol. The third-order valence-corrected chi connectivity index (χ3v) is 6.41. The van der Waals surface area contributed by atoms with Gasteiger partial charge in [-0.2, -0.15) is 5.26 Å². The van der Waals surface area contributed by atoms with Gasteiger partial charge < -0.3 is 10.0 Å². The predicted octanol–water partition coefficient (Wildman–Crippen LogP) is 4.79. The Balaban J connectivity index is 2.12. The van der Waals surface area contributed by atoms with Crippen molar-refractivity contribution in [3.05, 3.63) is 78.0 Å². The zero-order chi connectivity index (χ0) is 23.5. The fraction of sp³-hybridized carbons (Fsp3) is 0.250. The first-order chi connectivity index (χ1) is 15.0. The largest absolute Gasteiger partial charge is 0.465 e. The molecular formula is C24H25N3O4S. The van der Waals surface area contributed by atoms with Gasteiger partial charge >= 0.3 is 6.09 Å². The Hall–Kier alpha value is -3.57. The molecule has 1 heterocycles. The Kier molecular flexibility index (Phi) is 6.42. The number of benzene rings is 2. The molecule has 2 aromatic carbocycles. The Bertz CT molecular complexity index is 1270. The van der Waals surface area contributed by atoms with Crippen LogP contribution in [0.15, 0.2) is 71.8 Å². The van der Waals surface area contributed by atoms with Crippen LogP contribution >= 0.6 is 0 Å². The zero-order valence-electron chi connectivity index (χ0n) is 18.2. The molecule has 0 saturated carbocycles. The second-order valence-electron chi connectivity index (χ2n) is 8.74. The molecule has 166 valence electrons. The van der Waals surface area contributed by atoms with Crippen LogP contribution < -0.4 is 0 Å². The van der Waals surface area contributed by atoms with Gasteiger partial charge in [-0.1, -0.05) is 57.2 Å². The second kappa shape index (κ2) is 8.89. The summed E-state index contributed by atoms with van der Waals surface area (Å²) in [5, 5.41) is 18.8. The van der Waals surface area contributed by atoms with E-state index in [1.165, 1.54) is 35.4 Å². The number of hydrogen-bond acceptors (Lipinski definition) is 4. The number of carboxylic acid groups (broad SMARTS) is 1. The number of rotatable bonds is 6. The van der Waals surface area contributed by atoms with Crippen molar-refractivity contribution < 1.29 is 18.3 Å². The maximum absolute atomic E-state index is 13.5. The van der Waals surface area contributed by atoms with Crippen molar-refractivity contribution in [2.45, 2.75) is 32.2 Å². The molecule has 0 spiro atoms. The monoisotopic (exact) mass is 451 g/mol. The van der Waals surface area contributed by atoms with E-state index in [1.807, 2.05) is 32.9 Å². The summed E-state index contributed by atoms with van der Waals surface area (Å²) in [7, 11) is -4.02. The molecule has 0 bridgehead atoms. The molecule has 0 radical (unpaired) electrons. The lowest BCUT2D eigenvalue weighted by atomic mass is 9.96. The van der Waals surface area contributed by atoms with E-state index in [0.29, 0.717) is 23.4 Å². The van der Waals surface area contributed by atoms with Crippen molar-refractivity contribution in [2.24, 2.45) is 5.41 Å². The summed E-state index contributed by atoms with van der Waals surface area (Å²) in [6.07, 6.45) is 0.383. The van der Waals surface area contributed by atoms with Crippen molar-refractivity contribution in [2.75, 3.05) is 6.54 Å². The Labute approximate surface area is 188 Å². The maximum atomic E-state index is 13.5. The SMILES string of the molecule is CC(C)(C)CN(Cc1cc(-c2ccccc2)n(S(=O)(=O)c2cccc(C#N)c2)c1)C(=O)O. The van der Waals surface area contributed by atoms with Crippen LogP contribution in [-0.4, -0.2) is 35.0 Å². The molecule has 3 aromatic rings. The number of aromatic nitrogens is 1. The number of nitriles is 1. The number of hydrogen-bond donors (Lipinski definition) is 1. The van der Waals surface area contributed by atoms with Crippen molar-refractivity contribution in [1.29, 1.82) is 5.26 Å². The Morgan fingerprint density at radius 2 is 1.78 bits per heavy atom. The van der Waals surface area contributed by atoms with Crippen LogP contribution in [0.4, 0.5) is 4.79 Å². The van der Waals surface area contributed by atoms with Crippen LogP contribution in [0.1, 0.15) is 31.9 Å². The van der Waals surface area contributed by atoms with Gasteiger partial charge in [0.15, 0.2) is 0 Å². The molecule has 0 aliphatic heterocycles. The standard InChI is InChI=1S/C24H25N3O4S/c1-24(2,3)17-26(23(28)29)15-19-13-22(20-9-5-4-6-10-20)27(16-19)32(30,31)21-11-7-8-18(12-21)14-25/h4-13,16H,15,17H2,1-3H3,(H,28,29). The minimum Gasteiger partial charge on any atom is -0.465 e. The van der Waals surface area contributed by atoms with Crippen LogP contribution in [-0.2, 0) is 16.6 Å². The highest BCUT2D eigenvalue weighted by atomic mass is 32.2. The molecule has 32 heavy (non-hydrogen) atoms. The molecule has 0 unspecified atom stereocenters. The number of nitrogens with zero attached hydrogens (tertiary/aromatic N) is 3. The fourth-order valence-corrected chi connectivity index (χ4v) is 4.87. The Morgan fingerprint density at radius 1 is 1.09 bits per heavy atom. The first-order valence-electron chi connectivity index (χ1n) is 10.0. The molecule has 0 aliphatic carbocycles. The smallest absolute Gasteiger partial charge is 0.407 e. The van der Waals surface area contributed by atoms with Gasteiger partial charge in [0.05, 0.1) is 28.8 Å². The molecule has 1 aromatic heterocycles. The minimum atomic E-state index is -4.02. The lowest BCUT2D eigenvalue weighted by Crippen LogP contribution is -2.36. The van der Waals surface area contributed by atoms with Gasteiger partial charge in [-0.15, -0.1) is 0 Å². The molecule has 3 rings (SSSR count). The molecule has 0 fully saturated rings. The first-order valence-corrected chi connectivity index (χ1v) is 11.5. The van der Waals surface area contributed by atoms with Crippen molar-refractivity contribution in [1.82, 2.24) is 8.87 Å². The van der Waals surface area contributed by atoms with E-state index in [0.717, 1.165) is 3.97 Å². The molecule has 1 amide bonds. The summed E-state index contributed by atoms with van der Waals surface area (Å²) in [5.74, 6) is 0. The van der Waals surface area contributed by atoms with Crippen LogP contribution in [0.25, 0.3) is 11.3 Å². The number of carbonyl (C=O) groups is 1. The van der Waals surface area contributed by atoms with Crippen LogP contribution in [0, 0.1) is 16.7 Å². The van der Waals surface area contributed by atoms with Crippen molar-refractivity contribution in [3.63, 3.8) is 0 Å². The highest BCUT2D eigenvalue weighted by molar-refractivity contribution is 7.90. The predicted molar refractivity (Wildman–Crippen MR) is 121 cm³/mol. The van der Waals surface area contributed by atoms with E-state index in [1.54, 1.807) is 30.3 Å². The fourth-order valence-electron chi connectivity index (χ4n) is 3.43. The van der Waals surface area contributed by atoms with Gasteiger partial charge in [0, 0.05) is 12.7 Å². The van der Waals surface area contributed by atoms with E-state index in [2.05, 4.69) is 0 Å². The van der Waals surface area contributed by atoms with Gasteiger partial charge in [0.1, 0.15) is 0 Å². The molecule has 0 aliphatic rings. The summed E-state index contributed by atoms with van der Waals surface area (Å²) in [4.78, 5) is 13.1. The lowest BCUT2D eigenvalue weighted by Gasteiger charge is -2.27. The molecule has 0 atom stereocenters. The average molecular weight is 452 g/mol. The van der Waals surface area contributed by atoms with E-state index in [9.17, 15) is 18.3 Å². The summed E-state index contributed by atoms with van der Waals surface area (Å²) < 4.78 is 28.1. The van der Waals surface area contributed by atoms with E-state index in [4.69, 9.17) is 5.26 Å². The second-order valence-corrected chi connectivity index (χ2v) is 10.6. The molecule has 0 saturated heterocycles. The zero-order valence-corrected chi connectivity index (χ0v) is 19.0. The topological polar surface area (TPSA) is 103 Å². The lowest BCUT2D eigenvalue weighted by molar-refractivity contribution is 0.123. The van der Waals surface area contributed by atoms with Crippen LogP contribution in [0.3, 0.4) is 0 Å². The van der Waals surface area contributed by atoms with E-state index < -0.39 is 16.1 Å². The van der Waals surface area contributed by atoms with Gasteiger partial charge in [-0.3, -0.25) is 0 Å². The van der Waals surface area contributed by atoms with Crippen LogP contribution in [0.5, 0.6) is 0 Å². The highest BCUT2D eigenvalue weighted by Crippen LogP contribution is 2.28. The summed E-state index contributed by atoms with van der Waals surface area (Å²) >= 11 is 0. The van der Waals surface area contributed by atoms with E-state index >= 15 is 0 Å². The first kappa shape index (κ1) is 23.1. The van der Waals surface area contributed by atoms with Gasteiger partial charge in [-0.25, -0.2) is 17.2 Å². The Morgan fingerprint density at radius 3 is 2.38 bits per heavy atom. The van der Waals surface area contributed by atoms with Crippen molar-refractivity contribution >= 4 is 16.1 Å². The van der Waals surface area contributed by atoms with Crippen LogP contribution in [0.2, 0.25) is 0 Å². The third-order valence-electron chi connectivity index (χ3n) is 4.74. The van der Waals surface area contributed by atoms with Gasteiger partial charge in [0.25, 0.3) is 10.0 Å². The van der Waals surface area contributed by atoms with Gasteiger partial charge in [-0.05, 0) is 40.8 Å². The molecule has 1 N–H and O–H groups in total. The third kappa shape index (κ3) is 5.18.